The maximum atomic E-state index is 11.8. The first-order valence-corrected chi connectivity index (χ1v) is 8.07. The molecule has 0 bridgehead atoms. The molecule has 8 heteroatoms. The van der Waals surface area contributed by atoms with E-state index in [1.807, 2.05) is 61.7 Å². The lowest BCUT2D eigenvalue weighted by atomic mass is 10.1. The number of rotatable bonds is 7. The van der Waals surface area contributed by atoms with E-state index in [4.69, 9.17) is 5.11 Å². The minimum Gasteiger partial charge on any atom is -0.480 e. The van der Waals surface area contributed by atoms with E-state index in [-0.39, 0.29) is 31.4 Å². The molecule has 1 aromatic carbocycles. The van der Waals surface area contributed by atoms with Gasteiger partial charge in [0.1, 0.15) is 6.54 Å². The number of amides is 1. The maximum Gasteiger partial charge on any atom is 0.322 e. The van der Waals surface area contributed by atoms with Crippen molar-refractivity contribution in [1.29, 1.82) is 0 Å². The molecule has 7 nitrogen and oxygen atoms in total. The number of para-hydroxylation sites is 1. The number of nitrogens with one attached hydrogen (secondary N) is 1. The van der Waals surface area contributed by atoms with Crippen molar-refractivity contribution in [3.63, 3.8) is 0 Å². The zero-order valence-corrected chi connectivity index (χ0v) is 16.3. The smallest absolute Gasteiger partial charge is 0.322 e. The average Bonchev–Trinajstić information content (AvgIpc) is 2.81. The molecular formula is C18H25ClN4O3. The molecule has 2 rings (SSSR count). The number of hydrogen-bond acceptors (Lipinski definition) is 4. The summed E-state index contributed by atoms with van der Waals surface area (Å²) in [4.78, 5) is 24.1. The number of carbonyl (C=O) groups excluding carboxylic acids is 1. The normalized spacial score (nSPS) is 10.5. The van der Waals surface area contributed by atoms with E-state index in [0.717, 1.165) is 28.2 Å². The molecule has 1 amide bonds. The Morgan fingerprint density at radius 3 is 2.50 bits per heavy atom. The predicted octanol–water partition coefficient (Wildman–Crippen LogP) is 1.85. The molecular weight excluding hydrogens is 356 g/mol. The minimum atomic E-state index is -1.05. The quantitative estimate of drug-likeness (QED) is 0.765. The summed E-state index contributed by atoms with van der Waals surface area (Å²) in [6, 6.07) is 8.05. The third kappa shape index (κ3) is 5.31. The highest BCUT2D eigenvalue weighted by atomic mass is 35.5. The Bertz CT molecular complexity index is 789. The van der Waals surface area contributed by atoms with Crippen LogP contribution in [0.5, 0.6) is 0 Å². The third-order valence-corrected chi connectivity index (χ3v) is 4.06. The van der Waals surface area contributed by atoms with E-state index in [0.29, 0.717) is 6.54 Å². The summed E-state index contributed by atoms with van der Waals surface area (Å²) in [6.45, 7) is 6.33. The van der Waals surface area contributed by atoms with Gasteiger partial charge >= 0.3 is 5.97 Å². The van der Waals surface area contributed by atoms with Gasteiger partial charge in [-0.1, -0.05) is 18.2 Å². The van der Waals surface area contributed by atoms with E-state index in [9.17, 15) is 9.59 Å². The summed E-state index contributed by atoms with van der Waals surface area (Å²) in [7, 11) is 1.82. The lowest BCUT2D eigenvalue weighted by Crippen LogP contribution is -2.37. The highest BCUT2D eigenvalue weighted by molar-refractivity contribution is 5.85. The molecule has 0 aliphatic rings. The summed E-state index contributed by atoms with van der Waals surface area (Å²) in [5.74, 6) is -1.37. The number of carbonyl (C=O) groups is 2. The Morgan fingerprint density at radius 1 is 1.23 bits per heavy atom. The van der Waals surface area contributed by atoms with Crippen LogP contribution in [-0.2, 0) is 16.1 Å². The van der Waals surface area contributed by atoms with Crippen LogP contribution in [0, 0.1) is 20.8 Å². The number of likely N-dealkylation sites (N-methyl/N-ethyl adjacent to an activating group) is 1. The molecule has 2 N–H and O–H groups in total. The van der Waals surface area contributed by atoms with Gasteiger partial charge in [-0.25, -0.2) is 4.68 Å². The highest BCUT2D eigenvalue weighted by Gasteiger charge is 2.16. The number of carboxylic acids is 1. The number of hydrogen-bond donors (Lipinski definition) is 2. The molecule has 0 spiro atoms. The van der Waals surface area contributed by atoms with Crippen molar-refractivity contribution in [3.8, 4) is 5.69 Å². The van der Waals surface area contributed by atoms with Gasteiger partial charge in [-0.15, -0.1) is 12.4 Å². The van der Waals surface area contributed by atoms with Crippen molar-refractivity contribution in [1.82, 2.24) is 20.0 Å². The van der Waals surface area contributed by atoms with Gasteiger partial charge in [0.05, 0.1) is 17.9 Å². The summed E-state index contributed by atoms with van der Waals surface area (Å²) < 4.78 is 1.93. The van der Waals surface area contributed by atoms with Gasteiger partial charge in [0, 0.05) is 17.8 Å². The van der Waals surface area contributed by atoms with E-state index in [1.54, 1.807) is 0 Å². The molecule has 0 fully saturated rings. The van der Waals surface area contributed by atoms with Crippen molar-refractivity contribution in [2.45, 2.75) is 27.3 Å². The number of halogens is 1. The van der Waals surface area contributed by atoms with E-state index >= 15 is 0 Å². The van der Waals surface area contributed by atoms with Crippen molar-refractivity contribution in [3.05, 3.63) is 46.8 Å². The van der Waals surface area contributed by atoms with Crippen LogP contribution < -0.4 is 5.32 Å². The van der Waals surface area contributed by atoms with Gasteiger partial charge in [0.15, 0.2) is 0 Å². The van der Waals surface area contributed by atoms with Crippen molar-refractivity contribution in [2.75, 3.05) is 20.1 Å². The van der Waals surface area contributed by atoms with Crippen LogP contribution in [0.1, 0.15) is 22.5 Å². The van der Waals surface area contributed by atoms with E-state index in [2.05, 4.69) is 10.4 Å². The summed E-state index contributed by atoms with van der Waals surface area (Å²) in [6.07, 6.45) is 0. The van der Waals surface area contributed by atoms with Crippen LogP contribution in [0.2, 0.25) is 0 Å². The van der Waals surface area contributed by atoms with Crippen LogP contribution >= 0.6 is 12.4 Å². The van der Waals surface area contributed by atoms with Gasteiger partial charge in [-0.2, -0.15) is 5.10 Å². The fraction of sp³-hybridized carbons (Fsp3) is 0.389. The van der Waals surface area contributed by atoms with Gasteiger partial charge in [0.25, 0.3) is 0 Å². The van der Waals surface area contributed by atoms with Crippen LogP contribution in [0.3, 0.4) is 0 Å². The Labute approximate surface area is 159 Å². The Morgan fingerprint density at radius 2 is 1.88 bits per heavy atom. The van der Waals surface area contributed by atoms with Crippen LogP contribution in [0.15, 0.2) is 24.3 Å². The summed E-state index contributed by atoms with van der Waals surface area (Å²) in [5, 5.41) is 15.6. The molecule has 142 valence electrons. The van der Waals surface area contributed by atoms with E-state index in [1.165, 1.54) is 0 Å². The molecule has 26 heavy (non-hydrogen) atoms. The second-order valence-corrected chi connectivity index (χ2v) is 6.19. The zero-order valence-electron chi connectivity index (χ0n) is 15.4. The average molecular weight is 381 g/mol. The highest BCUT2D eigenvalue weighted by Crippen LogP contribution is 2.21. The summed E-state index contributed by atoms with van der Waals surface area (Å²) in [5.41, 5.74) is 5.19. The number of carboxylic acid groups (broad SMARTS) is 1. The van der Waals surface area contributed by atoms with Gasteiger partial charge < -0.3 is 10.4 Å². The van der Waals surface area contributed by atoms with Crippen molar-refractivity contribution in [2.24, 2.45) is 0 Å². The number of nitrogens with zero attached hydrogens (tertiary/aromatic N) is 3. The second-order valence-electron chi connectivity index (χ2n) is 6.19. The molecule has 0 saturated heterocycles. The lowest BCUT2D eigenvalue weighted by Gasteiger charge is -2.16. The van der Waals surface area contributed by atoms with E-state index < -0.39 is 5.97 Å². The molecule has 1 heterocycles. The Kier molecular flexibility index (Phi) is 7.79. The van der Waals surface area contributed by atoms with Crippen LogP contribution in [0.25, 0.3) is 5.69 Å². The number of aliphatic carboxylic acids is 1. The molecule has 2 aromatic rings. The first kappa shape index (κ1) is 21.7. The fourth-order valence-electron chi connectivity index (χ4n) is 2.74. The largest absolute Gasteiger partial charge is 0.480 e. The van der Waals surface area contributed by atoms with Gasteiger partial charge in [-0.05, 0) is 39.4 Å². The molecule has 0 unspecified atom stereocenters. The zero-order chi connectivity index (χ0) is 18.6. The van der Waals surface area contributed by atoms with Crippen molar-refractivity contribution >= 4 is 24.3 Å². The monoisotopic (exact) mass is 380 g/mol. The fourth-order valence-corrected chi connectivity index (χ4v) is 2.74. The second kappa shape index (κ2) is 9.35. The SMILES string of the molecule is Cc1ccccc1-n1nc(C)c(CN(C)CC(=O)NCC(=O)O)c1C.Cl. The molecule has 0 atom stereocenters. The molecule has 0 aliphatic heterocycles. The first-order chi connectivity index (χ1) is 11.8. The first-order valence-electron chi connectivity index (χ1n) is 8.07. The van der Waals surface area contributed by atoms with Gasteiger partial charge in [-0.3, -0.25) is 14.5 Å². The topological polar surface area (TPSA) is 87.5 Å². The molecule has 0 saturated carbocycles. The van der Waals surface area contributed by atoms with Crippen LogP contribution in [-0.4, -0.2) is 51.8 Å². The molecule has 0 aliphatic carbocycles. The number of benzene rings is 1. The maximum absolute atomic E-state index is 11.8. The minimum absolute atomic E-state index is 0. The number of aryl methyl sites for hydroxylation is 2. The van der Waals surface area contributed by atoms with Crippen molar-refractivity contribution < 1.29 is 14.7 Å². The molecule has 1 aromatic heterocycles. The Hall–Kier alpha value is -2.38. The van der Waals surface area contributed by atoms with Crippen LogP contribution in [0.4, 0.5) is 0 Å². The standard InChI is InChI=1S/C18H24N4O3.ClH/c1-12-7-5-6-8-16(12)22-14(3)15(13(2)20-22)10-21(4)11-17(23)19-9-18(24)25;/h5-8H,9-11H2,1-4H3,(H,19,23)(H,24,25);1H. The lowest BCUT2D eigenvalue weighted by molar-refractivity contribution is -0.138. The Balaban J connectivity index is 0.00000338. The number of aromatic nitrogens is 2. The summed E-state index contributed by atoms with van der Waals surface area (Å²) >= 11 is 0. The molecule has 0 radical (unpaired) electrons. The van der Waals surface area contributed by atoms with Gasteiger partial charge in [0.2, 0.25) is 5.91 Å². The third-order valence-electron chi connectivity index (χ3n) is 4.06. The predicted molar refractivity (Wildman–Crippen MR) is 102 cm³/mol.